The number of aromatic nitrogens is 2. The number of nitrogens with zero attached hydrogens (tertiary/aromatic N) is 2. The number of carbonyl (C=O) groups is 2. The number of aliphatic hydroxyl groups excluding tert-OH is 1. The van der Waals surface area contributed by atoms with Gasteiger partial charge in [-0.2, -0.15) is 0 Å². The standard InChI is InChI=1S/C22H24N2O5/c1-14-6-3-7-15(12-14)21-23-13-16(22(28)24(21)10-5-11-29-2)20(27)19-17(25)8-4-9-18(19)26/h3,6-7,12-13,27H,4-5,8-11H2,1-2H3. The van der Waals surface area contributed by atoms with Gasteiger partial charge in [0.15, 0.2) is 11.6 Å². The van der Waals surface area contributed by atoms with Gasteiger partial charge in [0, 0.05) is 44.9 Å². The Kier molecular flexibility index (Phi) is 6.39. The first kappa shape index (κ1) is 20.7. The van der Waals surface area contributed by atoms with Crippen molar-refractivity contribution < 1.29 is 19.4 Å². The van der Waals surface area contributed by atoms with Crippen LogP contribution in [0, 0.1) is 6.92 Å². The summed E-state index contributed by atoms with van der Waals surface area (Å²) in [5.41, 5.74) is 0.860. The first-order valence-corrected chi connectivity index (χ1v) is 9.60. The van der Waals surface area contributed by atoms with E-state index in [1.54, 1.807) is 7.11 Å². The number of benzene rings is 1. The maximum absolute atomic E-state index is 13.2. The van der Waals surface area contributed by atoms with E-state index < -0.39 is 22.9 Å². The van der Waals surface area contributed by atoms with Crippen LogP contribution >= 0.6 is 0 Å². The zero-order valence-corrected chi connectivity index (χ0v) is 16.6. The van der Waals surface area contributed by atoms with Crippen molar-refractivity contribution in [2.45, 2.75) is 39.2 Å². The van der Waals surface area contributed by atoms with Crippen molar-refractivity contribution in [2.75, 3.05) is 13.7 Å². The summed E-state index contributed by atoms with van der Waals surface area (Å²) < 4.78 is 6.54. The molecule has 7 nitrogen and oxygen atoms in total. The summed E-state index contributed by atoms with van der Waals surface area (Å²) in [7, 11) is 1.58. The lowest BCUT2D eigenvalue weighted by Crippen LogP contribution is -2.28. The Bertz CT molecular complexity index is 1020. The molecule has 29 heavy (non-hydrogen) atoms. The molecule has 3 rings (SSSR count). The fraction of sp³-hybridized carbons (Fsp3) is 0.364. The van der Waals surface area contributed by atoms with Crippen LogP contribution in [0.15, 0.2) is 40.8 Å². The van der Waals surface area contributed by atoms with E-state index >= 15 is 0 Å². The molecular weight excluding hydrogens is 372 g/mol. The van der Waals surface area contributed by atoms with Crippen molar-refractivity contribution in [1.29, 1.82) is 0 Å². The van der Waals surface area contributed by atoms with Gasteiger partial charge in [0.05, 0.1) is 0 Å². The van der Waals surface area contributed by atoms with Crippen LogP contribution in [0.1, 0.15) is 36.8 Å². The molecule has 1 heterocycles. The van der Waals surface area contributed by atoms with Crippen LogP contribution in [-0.4, -0.2) is 39.9 Å². The molecule has 1 aliphatic carbocycles. The second-order valence-electron chi connectivity index (χ2n) is 7.09. The van der Waals surface area contributed by atoms with E-state index in [4.69, 9.17) is 4.74 Å². The van der Waals surface area contributed by atoms with Gasteiger partial charge in [-0.1, -0.05) is 23.8 Å². The smallest absolute Gasteiger partial charge is 0.264 e. The summed E-state index contributed by atoms with van der Waals surface area (Å²) in [6.07, 6.45) is 2.63. The van der Waals surface area contributed by atoms with Gasteiger partial charge in [-0.15, -0.1) is 0 Å². The summed E-state index contributed by atoms with van der Waals surface area (Å²) in [6.45, 7) is 2.72. The summed E-state index contributed by atoms with van der Waals surface area (Å²) in [4.78, 5) is 41.9. The van der Waals surface area contributed by atoms with Crippen molar-refractivity contribution in [3.05, 3.63) is 57.5 Å². The number of ether oxygens (including phenoxy) is 1. The zero-order valence-electron chi connectivity index (χ0n) is 16.6. The fourth-order valence-electron chi connectivity index (χ4n) is 3.46. The summed E-state index contributed by atoms with van der Waals surface area (Å²) in [5, 5.41) is 10.6. The third-order valence-electron chi connectivity index (χ3n) is 4.91. The monoisotopic (exact) mass is 396 g/mol. The number of ketones is 2. The van der Waals surface area contributed by atoms with Crippen molar-refractivity contribution in [3.63, 3.8) is 0 Å². The number of allylic oxidation sites excluding steroid dienone is 1. The van der Waals surface area contributed by atoms with Crippen molar-refractivity contribution in [1.82, 2.24) is 9.55 Å². The molecule has 1 N–H and O–H groups in total. The van der Waals surface area contributed by atoms with Gasteiger partial charge in [-0.25, -0.2) is 4.98 Å². The van der Waals surface area contributed by atoms with Crippen molar-refractivity contribution >= 4 is 17.3 Å². The highest BCUT2D eigenvalue weighted by Gasteiger charge is 2.29. The highest BCUT2D eigenvalue weighted by molar-refractivity contribution is 6.25. The molecule has 0 radical (unpaired) electrons. The van der Waals surface area contributed by atoms with Crippen LogP contribution in [0.25, 0.3) is 17.1 Å². The molecule has 0 unspecified atom stereocenters. The van der Waals surface area contributed by atoms with Crippen LogP contribution < -0.4 is 5.56 Å². The lowest BCUT2D eigenvalue weighted by atomic mass is 9.90. The fourth-order valence-corrected chi connectivity index (χ4v) is 3.46. The summed E-state index contributed by atoms with van der Waals surface area (Å²) in [6, 6.07) is 7.60. The van der Waals surface area contributed by atoms with E-state index in [1.807, 2.05) is 31.2 Å². The lowest BCUT2D eigenvalue weighted by Gasteiger charge is -2.16. The van der Waals surface area contributed by atoms with Gasteiger partial charge in [0.25, 0.3) is 5.56 Å². The Morgan fingerprint density at radius 3 is 2.59 bits per heavy atom. The lowest BCUT2D eigenvalue weighted by molar-refractivity contribution is -0.123. The third-order valence-corrected chi connectivity index (χ3v) is 4.91. The van der Waals surface area contributed by atoms with Crippen molar-refractivity contribution in [3.8, 4) is 11.4 Å². The number of hydrogen-bond donors (Lipinski definition) is 1. The Morgan fingerprint density at radius 1 is 1.21 bits per heavy atom. The Morgan fingerprint density at radius 2 is 1.93 bits per heavy atom. The maximum atomic E-state index is 13.2. The first-order chi connectivity index (χ1) is 13.9. The minimum atomic E-state index is -0.575. The van der Waals surface area contributed by atoms with Gasteiger partial charge in [0.2, 0.25) is 0 Å². The maximum Gasteiger partial charge on any atom is 0.264 e. The first-order valence-electron chi connectivity index (χ1n) is 9.60. The number of aliphatic hydroxyl groups is 1. The van der Waals surface area contributed by atoms with Gasteiger partial charge in [-0.3, -0.25) is 19.0 Å². The molecule has 2 aromatic rings. The predicted molar refractivity (Wildman–Crippen MR) is 109 cm³/mol. The van der Waals surface area contributed by atoms with Gasteiger partial charge >= 0.3 is 0 Å². The second-order valence-corrected chi connectivity index (χ2v) is 7.09. The molecule has 1 aromatic carbocycles. The number of aryl methyl sites for hydroxylation is 1. The number of carbonyl (C=O) groups excluding carboxylic acids is 2. The second kappa shape index (κ2) is 8.96. The van der Waals surface area contributed by atoms with E-state index in [1.165, 1.54) is 10.8 Å². The van der Waals surface area contributed by atoms with Gasteiger partial charge < -0.3 is 9.84 Å². The molecule has 1 saturated carbocycles. The van der Waals surface area contributed by atoms with Crippen LogP contribution in [0.3, 0.4) is 0 Å². The molecular formula is C22H24N2O5. The molecule has 0 bridgehead atoms. The number of Topliss-reactive ketones (excluding diaryl/α,β-unsaturated/α-hetero) is 2. The molecule has 0 atom stereocenters. The quantitative estimate of drug-likeness (QED) is 0.349. The predicted octanol–water partition coefficient (Wildman–Crippen LogP) is 2.85. The molecule has 7 heteroatoms. The van der Waals surface area contributed by atoms with Gasteiger partial charge in [-0.05, 0) is 25.8 Å². The van der Waals surface area contributed by atoms with Crippen LogP contribution in [0.2, 0.25) is 0 Å². The SMILES string of the molecule is COCCCn1c(-c2cccc(C)c2)ncc(C(O)=C2C(=O)CCCC2=O)c1=O. The molecule has 1 fully saturated rings. The molecule has 0 aliphatic heterocycles. The molecule has 1 aromatic heterocycles. The average molecular weight is 396 g/mol. The van der Waals surface area contributed by atoms with Crippen LogP contribution in [0.4, 0.5) is 0 Å². The van der Waals surface area contributed by atoms with Crippen molar-refractivity contribution in [2.24, 2.45) is 0 Å². The number of hydrogen-bond acceptors (Lipinski definition) is 6. The Hall–Kier alpha value is -3.06. The van der Waals surface area contributed by atoms with E-state index in [0.29, 0.717) is 31.8 Å². The average Bonchev–Trinajstić information content (AvgIpc) is 2.69. The highest BCUT2D eigenvalue weighted by Crippen LogP contribution is 2.24. The van der Waals surface area contributed by atoms with E-state index in [2.05, 4.69) is 4.98 Å². The minimum Gasteiger partial charge on any atom is -0.506 e. The van der Waals surface area contributed by atoms with Crippen LogP contribution in [0.5, 0.6) is 0 Å². The molecule has 0 spiro atoms. The molecule has 1 aliphatic rings. The summed E-state index contributed by atoms with van der Waals surface area (Å²) >= 11 is 0. The van der Waals surface area contributed by atoms with E-state index in [0.717, 1.165) is 11.1 Å². The van der Waals surface area contributed by atoms with Gasteiger partial charge in [0.1, 0.15) is 22.7 Å². The summed E-state index contributed by atoms with van der Waals surface area (Å²) in [5.74, 6) is -0.996. The largest absolute Gasteiger partial charge is 0.506 e. The number of rotatable bonds is 6. The third kappa shape index (κ3) is 4.35. The zero-order chi connectivity index (χ0) is 21.0. The molecule has 0 amide bonds. The molecule has 152 valence electrons. The Labute approximate surface area is 168 Å². The topological polar surface area (TPSA) is 98.5 Å². The minimum absolute atomic E-state index is 0.141. The highest BCUT2D eigenvalue weighted by atomic mass is 16.5. The molecule has 0 saturated heterocycles. The number of methoxy groups -OCH3 is 1. The van der Waals surface area contributed by atoms with Crippen LogP contribution in [-0.2, 0) is 20.9 Å². The van der Waals surface area contributed by atoms with E-state index in [9.17, 15) is 19.5 Å². The van der Waals surface area contributed by atoms with E-state index in [-0.39, 0.29) is 24.0 Å². The normalized spacial score (nSPS) is 14.3. The Balaban J connectivity index is 2.15.